The molecule has 0 radical (unpaired) electrons. The van der Waals surface area contributed by atoms with Crippen LogP contribution in [0.15, 0.2) is 6.07 Å². The summed E-state index contributed by atoms with van der Waals surface area (Å²) in [5.41, 5.74) is 8.90. The number of aryl methyl sites for hydroxylation is 1. The first kappa shape index (κ1) is 11.9. The maximum absolute atomic E-state index is 13.7. The van der Waals surface area contributed by atoms with E-state index >= 15 is 0 Å². The van der Waals surface area contributed by atoms with Crippen molar-refractivity contribution in [2.24, 2.45) is 5.73 Å². The molecule has 1 saturated carbocycles. The molecule has 0 heterocycles. The minimum Gasteiger partial charge on any atom is -0.327 e. The van der Waals surface area contributed by atoms with Gasteiger partial charge < -0.3 is 5.73 Å². The third-order valence-corrected chi connectivity index (χ3v) is 4.27. The highest BCUT2D eigenvalue weighted by atomic mass is 35.5. The van der Waals surface area contributed by atoms with Crippen molar-refractivity contribution in [1.29, 1.82) is 0 Å². The molecule has 2 N–H and O–H groups in total. The topological polar surface area (TPSA) is 26.0 Å². The fourth-order valence-electron chi connectivity index (χ4n) is 2.50. The number of benzene rings is 1. The minimum atomic E-state index is -0.327. The molecule has 1 atom stereocenters. The van der Waals surface area contributed by atoms with E-state index in [1.807, 2.05) is 20.8 Å². The van der Waals surface area contributed by atoms with Crippen LogP contribution in [0.4, 0.5) is 4.39 Å². The van der Waals surface area contributed by atoms with Crippen molar-refractivity contribution in [2.45, 2.75) is 45.1 Å². The molecule has 1 aliphatic carbocycles. The highest BCUT2D eigenvalue weighted by Gasteiger charge is 2.50. The quantitative estimate of drug-likeness (QED) is 0.843. The Bertz CT molecular complexity index is 410. The molecule has 0 aliphatic heterocycles. The summed E-state index contributed by atoms with van der Waals surface area (Å²) >= 11 is 6.11. The summed E-state index contributed by atoms with van der Waals surface area (Å²) in [6.07, 6.45) is 2.02. The fraction of sp³-hybridized carbons (Fsp3) is 0.538. The number of rotatable bonds is 2. The first-order valence-electron chi connectivity index (χ1n) is 5.61. The standard InChI is InChI=1S/C13H17ClFN/c1-7-6-10(15)12(14)11(8(7)2)13(4-5-13)9(3)16/h6,9H,4-5,16H2,1-3H3. The molecule has 88 valence electrons. The highest BCUT2D eigenvalue weighted by molar-refractivity contribution is 6.31. The van der Waals surface area contributed by atoms with Crippen molar-refractivity contribution in [3.8, 4) is 0 Å². The minimum absolute atomic E-state index is 0.0184. The van der Waals surface area contributed by atoms with E-state index < -0.39 is 0 Å². The van der Waals surface area contributed by atoms with E-state index in [1.54, 1.807) is 0 Å². The summed E-state index contributed by atoms with van der Waals surface area (Å²) < 4.78 is 13.7. The molecule has 2 rings (SSSR count). The van der Waals surface area contributed by atoms with Crippen LogP contribution in [0.2, 0.25) is 5.02 Å². The Hall–Kier alpha value is -0.600. The lowest BCUT2D eigenvalue weighted by atomic mass is 9.85. The van der Waals surface area contributed by atoms with E-state index in [0.717, 1.165) is 29.5 Å². The van der Waals surface area contributed by atoms with Crippen LogP contribution in [0.1, 0.15) is 36.5 Å². The van der Waals surface area contributed by atoms with Gasteiger partial charge in [-0.1, -0.05) is 11.6 Å². The normalized spacial score (nSPS) is 19.6. The van der Waals surface area contributed by atoms with Gasteiger partial charge in [0.1, 0.15) is 5.82 Å². The molecule has 0 bridgehead atoms. The van der Waals surface area contributed by atoms with E-state index in [0.29, 0.717) is 0 Å². The smallest absolute Gasteiger partial charge is 0.142 e. The van der Waals surface area contributed by atoms with E-state index in [1.165, 1.54) is 6.07 Å². The Labute approximate surface area is 101 Å². The summed E-state index contributed by atoms with van der Waals surface area (Å²) in [5.74, 6) is -0.327. The monoisotopic (exact) mass is 241 g/mol. The van der Waals surface area contributed by atoms with Gasteiger partial charge in [-0.2, -0.15) is 0 Å². The first-order valence-corrected chi connectivity index (χ1v) is 5.99. The van der Waals surface area contributed by atoms with E-state index in [4.69, 9.17) is 17.3 Å². The van der Waals surface area contributed by atoms with Gasteiger partial charge in [0.05, 0.1) is 5.02 Å². The summed E-state index contributed by atoms with van der Waals surface area (Å²) in [7, 11) is 0. The molecule has 16 heavy (non-hydrogen) atoms. The maximum Gasteiger partial charge on any atom is 0.142 e. The highest BCUT2D eigenvalue weighted by Crippen LogP contribution is 2.54. The van der Waals surface area contributed by atoms with Crippen molar-refractivity contribution >= 4 is 11.6 Å². The molecule has 3 heteroatoms. The van der Waals surface area contributed by atoms with Crippen LogP contribution in [0.5, 0.6) is 0 Å². The average Bonchev–Trinajstić information content (AvgIpc) is 2.97. The zero-order valence-corrected chi connectivity index (χ0v) is 10.7. The Morgan fingerprint density at radius 3 is 2.44 bits per heavy atom. The van der Waals surface area contributed by atoms with Gasteiger partial charge in [0.25, 0.3) is 0 Å². The van der Waals surface area contributed by atoms with Gasteiger partial charge >= 0.3 is 0 Å². The predicted molar refractivity (Wildman–Crippen MR) is 65.4 cm³/mol. The fourth-order valence-corrected chi connectivity index (χ4v) is 2.89. The van der Waals surface area contributed by atoms with Gasteiger partial charge in [-0.05, 0) is 56.4 Å². The molecule has 0 saturated heterocycles. The van der Waals surface area contributed by atoms with Crippen molar-refractivity contribution in [3.05, 3.63) is 33.6 Å². The SMILES string of the molecule is Cc1cc(F)c(Cl)c(C2(C(C)N)CC2)c1C. The molecule has 1 fully saturated rings. The van der Waals surface area contributed by atoms with Gasteiger partial charge in [-0.3, -0.25) is 0 Å². The lowest BCUT2D eigenvalue weighted by Crippen LogP contribution is -2.32. The molecule has 1 unspecified atom stereocenters. The number of nitrogens with two attached hydrogens (primary N) is 1. The van der Waals surface area contributed by atoms with Crippen LogP contribution in [0.3, 0.4) is 0 Å². The molecule has 0 aromatic heterocycles. The third kappa shape index (κ3) is 1.56. The van der Waals surface area contributed by atoms with Crippen LogP contribution in [0.25, 0.3) is 0 Å². The molecule has 1 aromatic rings. The zero-order valence-electron chi connectivity index (χ0n) is 9.90. The van der Waals surface area contributed by atoms with Crippen LogP contribution < -0.4 is 5.73 Å². The van der Waals surface area contributed by atoms with Gasteiger partial charge in [0.15, 0.2) is 0 Å². The number of hydrogen-bond acceptors (Lipinski definition) is 1. The van der Waals surface area contributed by atoms with Crippen LogP contribution in [-0.4, -0.2) is 6.04 Å². The first-order chi connectivity index (χ1) is 7.40. The van der Waals surface area contributed by atoms with E-state index in [-0.39, 0.29) is 22.3 Å². The molecule has 1 aromatic carbocycles. The van der Waals surface area contributed by atoms with E-state index in [9.17, 15) is 4.39 Å². The average molecular weight is 242 g/mol. The lowest BCUT2D eigenvalue weighted by Gasteiger charge is -2.25. The molecular formula is C13H17ClFN. The predicted octanol–water partition coefficient (Wildman–Crippen LogP) is 3.47. The van der Waals surface area contributed by atoms with Gasteiger partial charge in [0, 0.05) is 11.5 Å². The summed E-state index contributed by atoms with van der Waals surface area (Å²) in [5, 5.41) is 0.262. The van der Waals surface area contributed by atoms with Crippen molar-refractivity contribution < 1.29 is 4.39 Å². The molecule has 0 spiro atoms. The Balaban J connectivity index is 2.65. The third-order valence-electron chi connectivity index (χ3n) is 3.90. The van der Waals surface area contributed by atoms with Gasteiger partial charge in [-0.25, -0.2) is 4.39 Å². The van der Waals surface area contributed by atoms with Crippen molar-refractivity contribution in [2.75, 3.05) is 0 Å². The zero-order chi connectivity index (χ0) is 12.1. The Morgan fingerprint density at radius 1 is 1.44 bits per heavy atom. The molecule has 1 nitrogen and oxygen atoms in total. The second kappa shape index (κ2) is 3.71. The van der Waals surface area contributed by atoms with Crippen LogP contribution in [0, 0.1) is 19.7 Å². The maximum atomic E-state index is 13.7. The number of hydrogen-bond donors (Lipinski definition) is 1. The van der Waals surface area contributed by atoms with Crippen LogP contribution in [-0.2, 0) is 5.41 Å². The summed E-state index contributed by atoms with van der Waals surface area (Å²) in [6, 6.07) is 1.52. The largest absolute Gasteiger partial charge is 0.327 e. The van der Waals surface area contributed by atoms with Crippen LogP contribution >= 0.6 is 11.6 Å². The second-order valence-corrected chi connectivity index (χ2v) is 5.31. The van der Waals surface area contributed by atoms with Gasteiger partial charge in [0.2, 0.25) is 0 Å². The number of halogens is 2. The molecule has 1 aliphatic rings. The lowest BCUT2D eigenvalue weighted by molar-refractivity contribution is 0.545. The summed E-state index contributed by atoms with van der Waals surface area (Å²) in [6.45, 7) is 5.89. The molecule has 0 amide bonds. The van der Waals surface area contributed by atoms with Crippen molar-refractivity contribution in [1.82, 2.24) is 0 Å². The molecular weight excluding hydrogens is 225 g/mol. The van der Waals surface area contributed by atoms with Crippen molar-refractivity contribution in [3.63, 3.8) is 0 Å². The van der Waals surface area contributed by atoms with E-state index in [2.05, 4.69) is 0 Å². The second-order valence-electron chi connectivity index (χ2n) is 4.93. The Kier molecular flexibility index (Phi) is 2.75. The summed E-state index contributed by atoms with van der Waals surface area (Å²) in [4.78, 5) is 0. The van der Waals surface area contributed by atoms with Gasteiger partial charge in [-0.15, -0.1) is 0 Å². The Morgan fingerprint density at radius 2 is 2.00 bits per heavy atom.